The molecule has 1 aromatic carbocycles. The molecule has 0 radical (unpaired) electrons. The molecule has 0 unspecified atom stereocenters. The van der Waals surface area contributed by atoms with Crippen molar-refractivity contribution >= 4 is 28.8 Å². The maximum Gasteiger partial charge on any atom is 0.165 e. The molecule has 2 rings (SSSR count). The van der Waals surface area contributed by atoms with Crippen LogP contribution >= 0.6 is 23.8 Å². The summed E-state index contributed by atoms with van der Waals surface area (Å²) in [6.45, 7) is 2.94. The standard InChI is InChI=1S/C13H14ClN3OS/c1-2-5-17-8-10(7-16-17)18-12-4-3-9(14)6-11(12)13(15)19/h3-4,6-8H,2,5H2,1H3,(H2,15,19). The second-order valence-corrected chi connectivity index (χ2v) is 4.92. The largest absolute Gasteiger partial charge is 0.453 e. The molecule has 100 valence electrons. The molecule has 0 amide bonds. The van der Waals surface area contributed by atoms with E-state index in [9.17, 15) is 0 Å². The quantitative estimate of drug-likeness (QED) is 0.859. The second kappa shape index (κ2) is 6.04. The number of nitrogens with two attached hydrogens (primary N) is 1. The third kappa shape index (κ3) is 3.45. The molecule has 0 fully saturated rings. The first-order chi connectivity index (χ1) is 9.10. The molecule has 2 N–H and O–H groups in total. The summed E-state index contributed by atoms with van der Waals surface area (Å²) in [5, 5.41) is 4.76. The van der Waals surface area contributed by atoms with E-state index in [1.54, 1.807) is 24.4 Å². The zero-order chi connectivity index (χ0) is 13.8. The van der Waals surface area contributed by atoms with E-state index in [1.165, 1.54) is 0 Å². The second-order valence-electron chi connectivity index (χ2n) is 4.05. The van der Waals surface area contributed by atoms with Crippen molar-refractivity contribution in [1.29, 1.82) is 0 Å². The fraction of sp³-hybridized carbons (Fsp3) is 0.231. The zero-order valence-electron chi connectivity index (χ0n) is 10.5. The average molecular weight is 296 g/mol. The summed E-state index contributed by atoms with van der Waals surface area (Å²) in [6, 6.07) is 5.17. The van der Waals surface area contributed by atoms with Crippen molar-refractivity contribution in [2.75, 3.05) is 0 Å². The average Bonchev–Trinajstić information content (AvgIpc) is 2.79. The van der Waals surface area contributed by atoms with Crippen molar-refractivity contribution < 1.29 is 4.74 Å². The number of nitrogens with zero attached hydrogens (tertiary/aromatic N) is 2. The van der Waals surface area contributed by atoms with Crippen LogP contribution in [0.15, 0.2) is 30.6 Å². The Morgan fingerprint density at radius 1 is 1.53 bits per heavy atom. The van der Waals surface area contributed by atoms with E-state index in [4.69, 9.17) is 34.3 Å². The van der Waals surface area contributed by atoms with Gasteiger partial charge in [-0.05, 0) is 24.6 Å². The van der Waals surface area contributed by atoms with Crippen molar-refractivity contribution in [3.05, 3.63) is 41.2 Å². The molecule has 0 atom stereocenters. The molecular formula is C13H14ClN3OS. The summed E-state index contributed by atoms with van der Waals surface area (Å²) in [5.74, 6) is 1.22. The summed E-state index contributed by atoms with van der Waals surface area (Å²) in [5.41, 5.74) is 6.28. The first kappa shape index (κ1) is 13.8. The van der Waals surface area contributed by atoms with Crippen LogP contribution in [-0.2, 0) is 6.54 Å². The van der Waals surface area contributed by atoms with Gasteiger partial charge in [0.1, 0.15) is 10.7 Å². The van der Waals surface area contributed by atoms with Crippen LogP contribution in [0.2, 0.25) is 5.02 Å². The minimum absolute atomic E-state index is 0.249. The Balaban J connectivity index is 2.24. The molecule has 0 spiro atoms. The van der Waals surface area contributed by atoms with Gasteiger partial charge in [0, 0.05) is 11.6 Å². The summed E-state index contributed by atoms with van der Waals surface area (Å²) in [4.78, 5) is 0.249. The highest BCUT2D eigenvalue weighted by Gasteiger charge is 2.09. The van der Waals surface area contributed by atoms with E-state index in [-0.39, 0.29) is 4.99 Å². The van der Waals surface area contributed by atoms with Crippen molar-refractivity contribution in [3.8, 4) is 11.5 Å². The van der Waals surface area contributed by atoms with Crippen LogP contribution < -0.4 is 10.5 Å². The number of hydrogen-bond donors (Lipinski definition) is 1. The van der Waals surface area contributed by atoms with Gasteiger partial charge < -0.3 is 10.5 Å². The highest BCUT2D eigenvalue weighted by Crippen LogP contribution is 2.27. The van der Waals surface area contributed by atoms with Crippen LogP contribution in [0.4, 0.5) is 0 Å². The Morgan fingerprint density at radius 2 is 2.32 bits per heavy atom. The summed E-state index contributed by atoms with van der Waals surface area (Å²) in [6.07, 6.45) is 4.51. The Hall–Kier alpha value is -1.59. The molecule has 19 heavy (non-hydrogen) atoms. The lowest BCUT2D eigenvalue weighted by Gasteiger charge is -2.08. The van der Waals surface area contributed by atoms with Gasteiger partial charge in [0.25, 0.3) is 0 Å². The predicted molar refractivity (Wildman–Crippen MR) is 79.9 cm³/mol. The Morgan fingerprint density at radius 3 is 3.00 bits per heavy atom. The Kier molecular flexibility index (Phi) is 4.39. The van der Waals surface area contributed by atoms with E-state index in [2.05, 4.69) is 12.0 Å². The monoisotopic (exact) mass is 295 g/mol. The van der Waals surface area contributed by atoms with Crippen LogP contribution in [0.1, 0.15) is 18.9 Å². The fourth-order valence-corrected chi connectivity index (χ4v) is 1.99. The number of hydrogen-bond acceptors (Lipinski definition) is 3. The van der Waals surface area contributed by atoms with Crippen LogP contribution in [-0.4, -0.2) is 14.8 Å². The normalized spacial score (nSPS) is 10.4. The third-order valence-electron chi connectivity index (χ3n) is 2.50. The maximum atomic E-state index is 5.92. The van der Waals surface area contributed by atoms with Gasteiger partial charge in [0.05, 0.1) is 18.0 Å². The Labute approximate surface area is 122 Å². The lowest BCUT2D eigenvalue weighted by atomic mass is 10.2. The van der Waals surface area contributed by atoms with E-state index < -0.39 is 0 Å². The van der Waals surface area contributed by atoms with Gasteiger partial charge in [-0.3, -0.25) is 4.68 Å². The molecule has 0 saturated heterocycles. The summed E-state index contributed by atoms with van der Waals surface area (Å²) < 4.78 is 7.57. The molecule has 0 saturated carbocycles. The van der Waals surface area contributed by atoms with Gasteiger partial charge in [-0.1, -0.05) is 30.7 Å². The number of thiocarbonyl (C=S) groups is 1. The van der Waals surface area contributed by atoms with Gasteiger partial charge in [0.15, 0.2) is 5.75 Å². The number of benzene rings is 1. The molecule has 4 nitrogen and oxygen atoms in total. The maximum absolute atomic E-state index is 5.92. The molecule has 0 aliphatic rings. The van der Waals surface area contributed by atoms with Crippen LogP contribution in [0.3, 0.4) is 0 Å². The lowest BCUT2D eigenvalue weighted by Crippen LogP contribution is -2.10. The fourth-order valence-electron chi connectivity index (χ4n) is 1.66. The molecule has 2 aromatic rings. The first-order valence-electron chi connectivity index (χ1n) is 5.90. The minimum atomic E-state index is 0.249. The predicted octanol–water partition coefficient (Wildman–Crippen LogP) is 3.37. The van der Waals surface area contributed by atoms with Crippen LogP contribution in [0.25, 0.3) is 0 Å². The molecular weight excluding hydrogens is 282 g/mol. The third-order valence-corrected chi connectivity index (χ3v) is 2.95. The van der Waals surface area contributed by atoms with Crippen LogP contribution in [0, 0.1) is 0 Å². The van der Waals surface area contributed by atoms with E-state index in [1.807, 2.05) is 10.9 Å². The molecule has 0 bridgehead atoms. The van der Waals surface area contributed by atoms with Gasteiger partial charge in [0.2, 0.25) is 0 Å². The van der Waals surface area contributed by atoms with Crippen molar-refractivity contribution in [3.63, 3.8) is 0 Å². The molecule has 1 heterocycles. The van der Waals surface area contributed by atoms with Crippen LogP contribution in [0.5, 0.6) is 11.5 Å². The van der Waals surface area contributed by atoms with Gasteiger partial charge in [-0.2, -0.15) is 5.10 Å². The molecule has 0 aliphatic carbocycles. The van der Waals surface area contributed by atoms with E-state index in [0.29, 0.717) is 22.1 Å². The number of aryl methyl sites for hydroxylation is 1. The van der Waals surface area contributed by atoms with Crippen molar-refractivity contribution in [1.82, 2.24) is 9.78 Å². The highest BCUT2D eigenvalue weighted by atomic mass is 35.5. The minimum Gasteiger partial charge on any atom is -0.453 e. The van der Waals surface area contributed by atoms with Gasteiger partial charge in [-0.15, -0.1) is 0 Å². The van der Waals surface area contributed by atoms with E-state index in [0.717, 1.165) is 13.0 Å². The van der Waals surface area contributed by atoms with Crippen molar-refractivity contribution in [2.24, 2.45) is 5.73 Å². The number of rotatable bonds is 5. The summed E-state index contributed by atoms with van der Waals surface area (Å²) in [7, 11) is 0. The molecule has 0 aliphatic heterocycles. The smallest absolute Gasteiger partial charge is 0.165 e. The van der Waals surface area contributed by atoms with Gasteiger partial charge in [-0.25, -0.2) is 0 Å². The van der Waals surface area contributed by atoms with Gasteiger partial charge >= 0.3 is 0 Å². The topological polar surface area (TPSA) is 53.1 Å². The van der Waals surface area contributed by atoms with Crippen molar-refractivity contribution in [2.45, 2.75) is 19.9 Å². The molecule has 1 aromatic heterocycles. The number of aromatic nitrogens is 2. The SMILES string of the molecule is CCCn1cc(Oc2ccc(Cl)cc2C(N)=S)cn1. The Bertz CT molecular complexity index is 597. The molecule has 6 heteroatoms. The first-order valence-corrected chi connectivity index (χ1v) is 6.68. The summed E-state index contributed by atoms with van der Waals surface area (Å²) >= 11 is 10.9. The lowest BCUT2D eigenvalue weighted by molar-refractivity contribution is 0.479. The number of ether oxygens (including phenoxy) is 1. The number of halogens is 1. The highest BCUT2D eigenvalue weighted by molar-refractivity contribution is 7.80. The van der Waals surface area contributed by atoms with E-state index >= 15 is 0 Å². The zero-order valence-corrected chi connectivity index (χ0v) is 12.0.